The SMILES string of the molecule is Cc1cc([N+](=O)[O-])nn1CC(C)C(=O)Nc1ncn(Cc2ccc(Cl)c(Cl)c2)n1. The molecule has 152 valence electrons. The van der Waals surface area contributed by atoms with Gasteiger partial charge < -0.3 is 10.1 Å². The van der Waals surface area contributed by atoms with Gasteiger partial charge in [-0.25, -0.2) is 9.67 Å². The second-order valence-corrected chi connectivity index (χ2v) is 7.30. The van der Waals surface area contributed by atoms with E-state index in [9.17, 15) is 14.9 Å². The van der Waals surface area contributed by atoms with E-state index in [-0.39, 0.29) is 24.2 Å². The van der Waals surface area contributed by atoms with E-state index >= 15 is 0 Å². The highest BCUT2D eigenvalue weighted by Crippen LogP contribution is 2.23. The molecule has 0 saturated heterocycles. The van der Waals surface area contributed by atoms with E-state index in [0.29, 0.717) is 22.3 Å². The molecule has 0 radical (unpaired) electrons. The van der Waals surface area contributed by atoms with Crippen LogP contribution in [0.5, 0.6) is 0 Å². The number of halogens is 2. The van der Waals surface area contributed by atoms with Crippen LogP contribution in [-0.4, -0.2) is 35.4 Å². The van der Waals surface area contributed by atoms with Crippen LogP contribution in [0.15, 0.2) is 30.6 Å². The number of benzene rings is 1. The van der Waals surface area contributed by atoms with Crippen molar-refractivity contribution in [3.63, 3.8) is 0 Å². The maximum absolute atomic E-state index is 12.4. The Hall–Kier alpha value is -2.98. The average molecular weight is 438 g/mol. The first kappa shape index (κ1) is 20.7. The topological polar surface area (TPSA) is 121 Å². The molecule has 1 atom stereocenters. The summed E-state index contributed by atoms with van der Waals surface area (Å²) in [5, 5.41) is 22.5. The van der Waals surface area contributed by atoms with E-state index in [1.165, 1.54) is 17.1 Å². The molecular formula is C17H17Cl2N7O3. The van der Waals surface area contributed by atoms with Crippen LogP contribution in [0.3, 0.4) is 0 Å². The third kappa shape index (κ3) is 5.09. The molecule has 0 bridgehead atoms. The van der Waals surface area contributed by atoms with Crippen molar-refractivity contribution >= 4 is 40.9 Å². The average Bonchev–Trinajstić information content (AvgIpc) is 3.25. The summed E-state index contributed by atoms with van der Waals surface area (Å²) in [6, 6.07) is 6.61. The van der Waals surface area contributed by atoms with Gasteiger partial charge in [0.25, 0.3) is 0 Å². The first-order valence-corrected chi connectivity index (χ1v) is 9.31. The fourth-order valence-corrected chi connectivity index (χ4v) is 2.92. The van der Waals surface area contributed by atoms with Crippen LogP contribution < -0.4 is 5.32 Å². The van der Waals surface area contributed by atoms with Crippen molar-refractivity contribution in [2.75, 3.05) is 5.32 Å². The fraction of sp³-hybridized carbons (Fsp3) is 0.294. The summed E-state index contributed by atoms with van der Waals surface area (Å²) in [4.78, 5) is 26.7. The van der Waals surface area contributed by atoms with E-state index in [0.717, 1.165) is 5.56 Å². The van der Waals surface area contributed by atoms with Crippen LogP contribution in [0.25, 0.3) is 0 Å². The number of hydrogen-bond acceptors (Lipinski definition) is 6. The molecule has 0 aliphatic rings. The lowest BCUT2D eigenvalue weighted by molar-refractivity contribution is -0.389. The Morgan fingerprint density at radius 1 is 1.28 bits per heavy atom. The van der Waals surface area contributed by atoms with Crippen molar-refractivity contribution in [1.29, 1.82) is 0 Å². The van der Waals surface area contributed by atoms with Crippen LogP contribution in [0.4, 0.5) is 11.8 Å². The highest BCUT2D eigenvalue weighted by molar-refractivity contribution is 6.42. The van der Waals surface area contributed by atoms with Gasteiger partial charge in [-0.1, -0.05) is 36.2 Å². The van der Waals surface area contributed by atoms with E-state index in [1.807, 2.05) is 6.07 Å². The van der Waals surface area contributed by atoms with Crippen molar-refractivity contribution in [2.24, 2.45) is 5.92 Å². The molecule has 0 aliphatic heterocycles. The minimum absolute atomic E-state index is 0.157. The number of anilines is 1. The van der Waals surface area contributed by atoms with Crippen molar-refractivity contribution in [2.45, 2.75) is 26.9 Å². The third-order valence-corrected chi connectivity index (χ3v) is 4.89. The molecule has 3 aromatic rings. The molecule has 12 heteroatoms. The van der Waals surface area contributed by atoms with Crippen molar-refractivity contribution < 1.29 is 9.72 Å². The molecule has 1 aromatic carbocycles. The van der Waals surface area contributed by atoms with Crippen LogP contribution in [-0.2, 0) is 17.9 Å². The summed E-state index contributed by atoms with van der Waals surface area (Å²) in [6.45, 7) is 3.98. The first-order valence-electron chi connectivity index (χ1n) is 8.56. The molecule has 3 rings (SSSR count). The molecule has 1 amide bonds. The molecule has 1 N–H and O–H groups in total. The van der Waals surface area contributed by atoms with Gasteiger partial charge in [0, 0.05) is 0 Å². The molecule has 2 aromatic heterocycles. The van der Waals surface area contributed by atoms with Gasteiger partial charge in [-0.05, 0) is 29.5 Å². The number of nitrogens with zero attached hydrogens (tertiary/aromatic N) is 6. The standard InChI is InChI=1S/C17H17Cl2N7O3/c1-10(7-25-11(2)5-15(22-25)26(28)29)16(27)21-17-20-9-24(23-17)8-12-3-4-13(18)14(19)6-12/h3-6,9-10H,7-8H2,1-2H3,(H,21,23,27). The van der Waals surface area contributed by atoms with Gasteiger partial charge in [0.1, 0.15) is 6.33 Å². The lowest BCUT2D eigenvalue weighted by Gasteiger charge is -2.09. The van der Waals surface area contributed by atoms with Crippen LogP contribution in [0, 0.1) is 23.0 Å². The van der Waals surface area contributed by atoms with E-state index in [1.54, 1.807) is 30.7 Å². The van der Waals surface area contributed by atoms with E-state index < -0.39 is 10.8 Å². The Balaban J connectivity index is 1.60. The number of aromatic nitrogens is 5. The minimum atomic E-state index is -0.571. The van der Waals surface area contributed by atoms with Gasteiger partial charge in [0.15, 0.2) is 0 Å². The van der Waals surface area contributed by atoms with E-state index in [2.05, 4.69) is 20.5 Å². The molecule has 0 saturated carbocycles. The van der Waals surface area contributed by atoms with Crippen molar-refractivity contribution in [3.8, 4) is 0 Å². The van der Waals surface area contributed by atoms with Gasteiger partial charge in [-0.2, -0.15) is 4.68 Å². The number of hydrogen-bond donors (Lipinski definition) is 1. The Bertz CT molecular complexity index is 1060. The van der Waals surface area contributed by atoms with Crippen LogP contribution >= 0.6 is 23.2 Å². The minimum Gasteiger partial charge on any atom is -0.358 e. The van der Waals surface area contributed by atoms with Crippen molar-refractivity contribution in [3.05, 3.63) is 62.0 Å². The number of nitro groups is 1. The lowest BCUT2D eigenvalue weighted by atomic mass is 10.1. The second kappa shape index (κ2) is 8.58. The third-order valence-electron chi connectivity index (χ3n) is 4.15. The molecule has 2 heterocycles. The first-order chi connectivity index (χ1) is 13.7. The number of rotatable bonds is 7. The fourth-order valence-electron chi connectivity index (χ4n) is 2.60. The Labute approximate surface area is 175 Å². The normalized spacial score (nSPS) is 12.0. The lowest BCUT2D eigenvalue weighted by Crippen LogP contribution is -2.25. The maximum Gasteiger partial charge on any atom is 0.390 e. The Morgan fingerprint density at radius 2 is 2.03 bits per heavy atom. The highest BCUT2D eigenvalue weighted by atomic mass is 35.5. The number of carbonyl (C=O) groups is 1. The van der Waals surface area contributed by atoms with Crippen LogP contribution in [0.2, 0.25) is 10.0 Å². The second-order valence-electron chi connectivity index (χ2n) is 6.49. The predicted molar refractivity (Wildman–Crippen MR) is 107 cm³/mol. The Kier molecular flexibility index (Phi) is 6.14. The zero-order chi connectivity index (χ0) is 21.1. The quantitative estimate of drug-likeness (QED) is 0.446. The zero-order valence-electron chi connectivity index (χ0n) is 15.5. The molecule has 0 aliphatic carbocycles. The molecule has 29 heavy (non-hydrogen) atoms. The number of carbonyl (C=O) groups excluding carboxylic acids is 1. The van der Waals surface area contributed by atoms with Gasteiger partial charge in [-0.15, -0.1) is 5.10 Å². The van der Waals surface area contributed by atoms with Gasteiger partial charge in [-0.3, -0.25) is 10.1 Å². The summed E-state index contributed by atoms with van der Waals surface area (Å²) < 4.78 is 2.99. The smallest absolute Gasteiger partial charge is 0.358 e. The monoisotopic (exact) mass is 437 g/mol. The van der Waals surface area contributed by atoms with Crippen molar-refractivity contribution in [1.82, 2.24) is 24.5 Å². The molecular weight excluding hydrogens is 421 g/mol. The van der Waals surface area contributed by atoms with Gasteiger partial charge in [0.05, 0.1) is 45.9 Å². The summed E-state index contributed by atoms with van der Waals surface area (Å²) >= 11 is 11.9. The summed E-state index contributed by atoms with van der Waals surface area (Å²) in [6.07, 6.45) is 1.49. The number of amides is 1. The maximum atomic E-state index is 12.4. The van der Waals surface area contributed by atoms with Gasteiger partial charge >= 0.3 is 5.82 Å². The summed E-state index contributed by atoms with van der Waals surface area (Å²) in [7, 11) is 0. The number of nitrogens with one attached hydrogen (secondary N) is 1. The largest absolute Gasteiger partial charge is 0.390 e. The van der Waals surface area contributed by atoms with E-state index in [4.69, 9.17) is 23.2 Å². The highest BCUT2D eigenvalue weighted by Gasteiger charge is 2.21. The van der Waals surface area contributed by atoms with Crippen LogP contribution in [0.1, 0.15) is 18.2 Å². The molecule has 10 nitrogen and oxygen atoms in total. The molecule has 1 unspecified atom stereocenters. The predicted octanol–water partition coefficient (Wildman–Crippen LogP) is 3.32. The van der Waals surface area contributed by atoms with Gasteiger partial charge in [0.2, 0.25) is 11.9 Å². The Morgan fingerprint density at radius 3 is 2.69 bits per heavy atom. The molecule has 0 spiro atoms. The summed E-state index contributed by atoms with van der Waals surface area (Å²) in [5.74, 6) is -0.923. The zero-order valence-corrected chi connectivity index (χ0v) is 17.1. The molecule has 0 fully saturated rings. The summed E-state index contributed by atoms with van der Waals surface area (Å²) in [5.41, 5.74) is 1.48. The number of aryl methyl sites for hydroxylation is 1.